The Morgan fingerprint density at radius 2 is 2.05 bits per heavy atom. The SMILES string of the molecule is C#Cc1cccc2cc(O)cc(C(=O)N3Cc4nc(OCC5(CN(C)C)CC5(F)F)nc(N5CCCC(C)C5)c4C3)c12. The second-order valence-corrected chi connectivity index (χ2v) is 12.3. The predicted molar refractivity (Wildman–Crippen MR) is 156 cm³/mol. The van der Waals surface area contributed by atoms with Gasteiger partial charge in [0.2, 0.25) is 0 Å². The van der Waals surface area contributed by atoms with E-state index in [1.54, 1.807) is 42.1 Å². The Bertz CT molecular complexity index is 1600. The number of hydrogen-bond donors (Lipinski definition) is 1. The minimum Gasteiger partial charge on any atom is -0.508 e. The number of terminal acetylenes is 1. The fraction of sp³-hybridized carbons (Fsp3) is 0.469. The fourth-order valence-electron chi connectivity index (χ4n) is 6.50. The lowest BCUT2D eigenvalue weighted by atomic mass is 9.98. The zero-order valence-electron chi connectivity index (χ0n) is 24.2. The van der Waals surface area contributed by atoms with Gasteiger partial charge < -0.3 is 24.5 Å². The van der Waals surface area contributed by atoms with E-state index in [0.717, 1.165) is 31.5 Å². The van der Waals surface area contributed by atoms with Gasteiger partial charge in [-0.05, 0) is 56.4 Å². The first-order chi connectivity index (χ1) is 20.0. The molecule has 1 aliphatic carbocycles. The summed E-state index contributed by atoms with van der Waals surface area (Å²) in [6.07, 6.45) is 7.64. The van der Waals surface area contributed by atoms with Gasteiger partial charge in [0.1, 0.15) is 18.2 Å². The Balaban J connectivity index is 1.33. The van der Waals surface area contributed by atoms with E-state index in [1.165, 1.54) is 6.07 Å². The topological polar surface area (TPSA) is 82.0 Å². The molecule has 1 N–H and O–H groups in total. The number of alkyl halides is 2. The average Bonchev–Trinajstić information content (AvgIpc) is 3.25. The zero-order chi connectivity index (χ0) is 29.8. The van der Waals surface area contributed by atoms with Crippen LogP contribution in [-0.4, -0.2) is 77.0 Å². The molecule has 8 nitrogen and oxygen atoms in total. The van der Waals surface area contributed by atoms with Gasteiger partial charge >= 0.3 is 6.01 Å². The molecule has 2 atom stereocenters. The van der Waals surface area contributed by atoms with E-state index in [9.17, 15) is 18.7 Å². The number of carbonyl (C=O) groups excluding carboxylic acids is 1. The lowest BCUT2D eigenvalue weighted by Crippen LogP contribution is -2.36. The van der Waals surface area contributed by atoms with Crippen LogP contribution in [0.1, 0.15) is 53.4 Å². The van der Waals surface area contributed by atoms with E-state index in [0.29, 0.717) is 39.3 Å². The first-order valence-electron chi connectivity index (χ1n) is 14.3. The monoisotopic (exact) mass is 575 g/mol. The van der Waals surface area contributed by atoms with Crippen molar-refractivity contribution in [3.63, 3.8) is 0 Å². The minimum absolute atomic E-state index is 0.0289. The smallest absolute Gasteiger partial charge is 0.318 e. The highest BCUT2D eigenvalue weighted by Gasteiger charge is 2.71. The van der Waals surface area contributed by atoms with Crippen LogP contribution in [0.15, 0.2) is 30.3 Å². The third-order valence-electron chi connectivity index (χ3n) is 8.64. The largest absolute Gasteiger partial charge is 0.508 e. The Kier molecular flexibility index (Phi) is 6.97. The average molecular weight is 576 g/mol. The number of piperidine rings is 1. The summed E-state index contributed by atoms with van der Waals surface area (Å²) < 4.78 is 34.7. The lowest BCUT2D eigenvalue weighted by molar-refractivity contribution is 0.0287. The summed E-state index contributed by atoms with van der Waals surface area (Å²) in [6, 6.07) is 8.45. The van der Waals surface area contributed by atoms with Crippen LogP contribution < -0.4 is 9.64 Å². The van der Waals surface area contributed by atoms with Crippen molar-refractivity contribution in [3.8, 4) is 24.1 Å². The number of nitrogens with zero attached hydrogens (tertiary/aromatic N) is 5. The molecule has 2 unspecified atom stereocenters. The number of hydrogen-bond acceptors (Lipinski definition) is 7. The molecule has 6 rings (SSSR count). The molecule has 220 valence electrons. The zero-order valence-corrected chi connectivity index (χ0v) is 24.2. The Morgan fingerprint density at radius 1 is 1.26 bits per heavy atom. The number of aromatic nitrogens is 2. The second-order valence-electron chi connectivity index (χ2n) is 12.3. The normalized spacial score (nSPS) is 22.7. The van der Waals surface area contributed by atoms with Gasteiger partial charge in [0.05, 0.1) is 29.8 Å². The van der Waals surface area contributed by atoms with Crippen LogP contribution in [0, 0.1) is 23.7 Å². The van der Waals surface area contributed by atoms with Crippen LogP contribution >= 0.6 is 0 Å². The number of carbonyl (C=O) groups is 1. The van der Waals surface area contributed by atoms with Crippen molar-refractivity contribution in [1.82, 2.24) is 19.8 Å². The van der Waals surface area contributed by atoms with Crippen molar-refractivity contribution in [2.75, 3.05) is 45.2 Å². The van der Waals surface area contributed by atoms with Crippen molar-refractivity contribution in [2.24, 2.45) is 11.3 Å². The summed E-state index contributed by atoms with van der Waals surface area (Å²) in [7, 11) is 3.54. The lowest BCUT2D eigenvalue weighted by Gasteiger charge is -2.33. The molecule has 3 aromatic rings. The molecule has 1 saturated heterocycles. The summed E-state index contributed by atoms with van der Waals surface area (Å²) in [5.41, 5.74) is 1.06. The van der Waals surface area contributed by atoms with Crippen molar-refractivity contribution in [2.45, 2.75) is 45.2 Å². The van der Waals surface area contributed by atoms with E-state index in [2.05, 4.69) is 22.7 Å². The van der Waals surface area contributed by atoms with Crippen molar-refractivity contribution in [3.05, 3.63) is 52.7 Å². The predicted octanol–water partition coefficient (Wildman–Crippen LogP) is 4.67. The summed E-state index contributed by atoms with van der Waals surface area (Å²) in [6.45, 7) is 4.25. The fourth-order valence-corrected chi connectivity index (χ4v) is 6.50. The number of benzene rings is 2. The maximum atomic E-state index is 14.4. The summed E-state index contributed by atoms with van der Waals surface area (Å²) in [4.78, 5) is 29.0. The maximum absolute atomic E-state index is 14.4. The highest BCUT2D eigenvalue weighted by molar-refractivity contribution is 6.09. The molecule has 0 spiro atoms. The van der Waals surface area contributed by atoms with E-state index < -0.39 is 11.3 Å². The molecular weight excluding hydrogens is 540 g/mol. The van der Waals surface area contributed by atoms with Gasteiger partial charge in [0.15, 0.2) is 0 Å². The van der Waals surface area contributed by atoms with E-state index in [-0.39, 0.29) is 50.3 Å². The summed E-state index contributed by atoms with van der Waals surface area (Å²) in [5.74, 6) is 0.674. The van der Waals surface area contributed by atoms with Crippen LogP contribution in [0.3, 0.4) is 0 Å². The number of phenolic OH excluding ortho intramolecular Hbond substituents is 1. The third kappa shape index (κ3) is 5.00. The van der Waals surface area contributed by atoms with Crippen molar-refractivity contribution >= 4 is 22.5 Å². The van der Waals surface area contributed by atoms with Crippen LogP contribution in [-0.2, 0) is 13.1 Å². The molecule has 2 fully saturated rings. The quantitative estimate of drug-likeness (QED) is 0.410. The number of aromatic hydroxyl groups is 1. The summed E-state index contributed by atoms with van der Waals surface area (Å²) >= 11 is 0. The Morgan fingerprint density at radius 3 is 2.74 bits per heavy atom. The van der Waals surface area contributed by atoms with Gasteiger partial charge in [0.25, 0.3) is 11.8 Å². The van der Waals surface area contributed by atoms with Gasteiger partial charge in [-0.15, -0.1) is 6.42 Å². The van der Waals surface area contributed by atoms with E-state index in [4.69, 9.17) is 16.1 Å². The van der Waals surface area contributed by atoms with Gasteiger partial charge in [-0.2, -0.15) is 9.97 Å². The molecule has 3 aliphatic rings. The molecule has 0 bridgehead atoms. The standard InChI is InChI=1S/C32H35F2N5O3/c1-5-21-9-6-10-22-12-23(40)13-24(27(21)22)29(41)39-15-25-26(16-39)35-30(36-28(25)38-11-7-8-20(2)14-38)42-19-31(18-37(3)4)17-32(31,33)34/h1,6,9-10,12-13,20,40H,7-8,11,14-19H2,2-4H3. The van der Waals surface area contributed by atoms with Crippen LogP contribution in [0.2, 0.25) is 0 Å². The number of ether oxygens (including phenoxy) is 1. The Labute approximate surface area is 244 Å². The van der Waals surface area contributed by atoms with E-state index in [1.807, 2.05) is 6.07 Å². The van der Waals surface area contributed by atoms with Gasteiger partial charge in [0, 0.05) is 42.6 Å². The highest BCUT2D eigenvalue weighted by atomic mass is 19.3. The minimum atomic E-state index is -2.80. The molecular formula is C32H35F2N5O3. The van der Waals surface area contributed by atoms with Crippen LogP contribution in [0.25, 0.3) is 10.8 Å². The molecule has 1 saturated carbocycles. The number of amides is 1. The third-order valence-corrected chi connectivity index (χ3v) is 8.64. The van der Waals surface area contributed by atoms with E-state index >= 15 is 0 Å². The highest BCUT2D eigenvalue weighted by Crippen LogP contribution is 2.60. The molecule has 1 aromatic heterocycles. The molecule has 42 heavy (non-hydrogen) atoms. The van der Waals surface area contributed by atoms with Gasteiger partial charge in [-0.25, -0.2) is 8.78 Å². The second kappa shape index (κ2) is 10.4. The number of phenols is 1. The molecule has 3 heterocycles. The van der Waals surface area contributed by atoms with Crippen LogP contribution in [0.5, 0.6) is 11.8 Å². The number of rotatable bonds is 7. The first-order valence-corrected chi connectivity index (χ1v) is 14.3. The van der Waals surface area contributed by atoms with Crippen molar-refractivity contribution in [1.29, 1.82) is 0 Å². The molecule has 2 aromatic carbocycles. The maximum Gasteiger partial charge on any atom is 0.318 e. The summed E-state index contributed by atoms with van der Waals surface area (Å²) in [5, 5.41) is 11.7. The molecule has 1 amide bonds. The molecule has 2 aliphatic heterocycles. The molecule has 0 radical (unpaired) electrons. The Hall–Kier alpha value is -3.97. The van der Waals surface area contributed by atoms with Gasteiger partial charge in [-0.3, -0.25) is 4.79 Å². The van der Waals surface area contributed by atoms with Gasteiger partial charge in [-0.1, -0.05) is 25.0 Å². The number of anilines is 1. The van der Waals surface area contributed by atoms with Crippen LogP contribution in [0.4, 0.5) is 14.6 Å². The van der Waals surface area contributed by atoms with Crippen molar-refractivity contribution < 1.29 is 23.4 Å². The number of halogens is 2. The molecule has 10 heteroatoms. The number of fused-ring (bicyclic) bond motifs is 2. The first kappa shape index (κ1) is 28.2.